The fourth-order valence-corrected chi connectivity index (χ4v) is 1.58. The van der Waals surface area contributed by atoms with Crippen LogP contribution in [0.2, 0.25) is 0 Å². The Hall–Kier alpha value is -1.85. The molecule has 5 nitrogen and oxygen atoms in total. The van der Waals surface area contributed by atoms with E-state index in [4.69, 9.17) is 14.9 Å². The van der Waals surface area contributed by atoms with Gasteiger partial charge in [0.2, 0.25) is 0 Å². The first-order valence-electron chi connectivity index (χ1n) is 5.01. The topological polar surface area (TPSA) is 82.5 Å². The Balaban J connectivity index is 0.00000162. The van der Waals surface area contributed by atoms with E-state index in [-0.39, 0.29) is 24.5 Å². The number of carbonyl (C=O) groups is 1. The first-order valence-corrected chi connectivity index (χ1v) is 5.01. The maximum absolute atomic E-state index is 11.6. The van der Waals surface area contributed by atoms with Gasteiger partial charge in [0.25, 0.3) is 0 Å². The molecule has 1 aromatic heterocycles. The molecule has 1 heterocycles. The minimum atomic E-state index is -0.697. The van der Waals surface area contributed by atoms with E-state index >= 15 is 0 Å². The van der Waals surface area contributed by atoms with Gasteiger partial charge in [0.05, 0.1) is 13.7 Å². The lowest BCUT2D eigenvalue weighted by atomic mass is 10.1. The normalized spacial score (nSPS) is 9.89. The van der Waals surface area contributed by atoms with Crippen LogP contribution in [0.25, 0.3) is 11.0 Å². The van der Waals surface area contributed by atoms with Crippen LogP contribution in [0.4, 0.5) is 0 Å². The van der Waals surface area contributed by atoms with E-state index in [9.17, 15) is 9.59 Å². The summed E-state index contributed by atoms with van der Waals surface area (Å²) < 4.78 is 10.1. The third-order valence-electron chi connectivity index (χ3n) is 2.43. The van der Waals surface area contributed by atoms with Gasteiger partial charge in [0.1, 0.15) is 5.56 Å². The van der Waals surface area contributed by atoms with Gasteiger partial charge in [-0.3, -0.25) is 4.79 Å². The number of ether oxygens (including phenoxy) is 1. The van der Waals surface area contributed by atoms with Crippen molar-refractivity contribution < 1.29 is 13.9 Å². The molecule has 0 radical (unpaired) electrons. The van der Waals surface area contributed by atoms with Crippen LogP contribution < -0.4 is 16.1 Å². The number of carbonyl (C=O) groups excluding carboxylic acids is 1. The zero-order valence-corrected chi connectivity index (χ0v) is 10.5. The van der Waals surface area contributed by atoms with Gasteiger partial charge in [0.15, 0.2) is 17.1 Å². The molecule has 0 saturated heterocycles. The van der Waals surface area contributed by atoms with Crippen molar-refractivity contribution in [1.29, 1.82) is 0 Å². The summed E-state index contributed by atoms with van der Waals surface area (Å²) in [7, 11) is 1.48. The Morgan fingerprint density at radius 1 is 1.44 bits per heavy atom. The van der Waals surface area contributed by atoms with Crippen molar-refractivity contribution in [2.75, 3.05) is 13.7 Å². The summed E-state index contributed by atoms with van der Waals surface area (Å²) in [5, 5.41) is 0.626. The maximum Gasteiger partial charge on any atom is 0.347 e. The van der Waals surface area contributed by atoms with Crippen molar-refractivity contribution in [2.45, 2.75) is 0 Å². The number of methoxy groups -OCH3 is 1. The van der Waals surface area contributed by atoms with E-state index in [1.165, 1.54) is 13.2 Å². The highest BCUT2D eigenvalue weighted by Gasteiger charge is 2.13. The lowest BCUT2D eigenvalue weighted by Crippen LogP contribution is -2.21. The lowest BCUT2D eigenvalue weighted by Gasteiger charge is -2.04. The molecule has 2 N–H and O–H groups in total. The second kappa shape index (κ2) is 5.66. The highest BCUT2D eigenvalue weighted by Crippen LogP contribution is 2.24. The molecule has 2 aromatic rings. The third-order valence-corrected chi connectivity index (χ3v) is 2.43. The van der Waals surface area contributed by atoms with Gasteiger partial charge in [-0.1, -0.05) is 12.1 Å². The number of hydrogen-bond acceptors (Lipinski definition) is 5. The predicted molar refractivity (Wildman–Crippen MR) is 69.7 cm³/mol. The molecule has 0 aliphatic heterocycles. The van der Waals surface area contributed by atoms with Crippen LogP contribution in [0.3, 0.4) is 0 Å². The van der Waals surface area contributed by atoms with Gasteiger partial charge in [-0.05, 0) is 12.1 Å². The second-order valence-electron chi connectivity index (χ2n) is 3.45. The molecule has 0 spiro atoms. The number of halogens is 1. The van der Waals surface area contributed by atoms with Gasteiger partial charge in [0, 0.05) is 5.39 Å². The van der Waals surface area contributed by atoms with Crippen molar-refractivity contribution in [3.63, 3.8) is 0 Å². The standard InChI is InChI=1S/C12H11NO4.ClH/c1-16-10-4-2-3-7-5-8(9(14)6-13)12(15)17-11(7)10;/h2-5H,6,13H2,1H3;1H. The molecule has 0 unspecified atom stereocenters. The molecule has 0 amide bonds. The Morgan fingerprint density at radius 3 is 2.78 bits per heavy atom. The van der Waals surface area contributed by atoms with E-state index in [1.807, 2.05) is 0 Å². The predicted octanol–water partition coefficient (Wildman–Crippen LogP) is 1.36. The molecule has 0 aliphatic rings. The van der Waals surface area contributed by atoms with Gasteiger partial charge >= 0.3 is 5.63 Å². The third kappa shape index (κ3) is 2.37. The van der Waals surface area contributed by atoms with Crippen molar-refractivity contribution in [1.82, 2.24) is 0 Å². The van der Waals surface area contributed by atoms with Crippen LogP contribution in [-0.4, -0.2) is 19.4 Å². The molecule has 0 saturated carbocycles. The molecule has 18 heavy (non-hydrogen) atoms. The van der Waals surface area contributed by atoms with E-state index in [0.29, 0.717) is 16.7 Å². The van der Waals surface area contributed by atoms with Gasteiger partial charge < -0.3 is 14.9 Å². The minimum absolute atomic E-state index is 0. The summed E-state index contributed by atoms with van der Waals surface area (Å²) in [5.74, 6) is 0.00909. The fourth-order valence-electron chi connectivity index (χ4n) is 1.58. The SMILES string of the molecule is COc1cccc2cc(C(=O)CN)c(=O)oc12.Cl. The van der Waals surface area contributed by atoms with E-state index < -0.39 is 11.4 Å². The smallest absolute Gasteiger partial charge is 0.347 e. The number of rotatable bonds is 3. The molecule has 96 valence electrons. The summed E-state index contributed by atoms with van der Waals surface area (Å²) in [5.41, 5.74) is 4.81. The second-order valence-corrected chi connectivity index (χ2v) is 3.45. The van der Waals surface area contributed by atoms with Crippen LogP contribution in [0.5, 0.6) is 5.75 Å². The molecule has 0 aliphatic carbocycles. The van der Waals surface area contributed by atoms with Crippen molar-refractivity contribution in [3.8, 4) is 5.75 Å². The molecule has 0 fully saturated rings. The van der Waals surface area contributed by atoms with Crippen molar-refractivity contribution in [2.24, 2.45) is 5.73 Å². The summed E-state index contributed by atoms with van der Waals surface area (Å²) in [4.78, 5) is 23.0. The Morgan fingerprint density at radius 2 is 2.17 bits per heavy atom. The van der Waals surface area contributed by atoms with E-state index in [2.05, 4.69) is 0 Å². The number of Topliss-reactive ketones (excluding diaryl/α,β-unsaturated/α-hetero) is 1. The molecule has 1 aromatic carbocycles. The monoisotopic (exact) mass is 269 g/mol. The minimum Gasteiger partial charge on any atom is -0.493 e. The van der Waals surface area contributed by atoms with Crippen LogP contribution in [0.15, 0.2) is 33.5 Å². The molecule has 6 heteroatoms. The quantitative estimate of drug-likeness (QED) is 0.672. The van der Waals surface area contributed by atoms with Gasteiger partial charge in [-0.15, -0.1) is 12.4 Å². The molecular weight excluding hydrogens is 258 g/mol. The van der Waals surface area contributed by atoms with Crippen molar-refractivity contribution in [3.05, 3.63) is 40.2 Å². The largest absolute Gasteiger partial charge is 0.493 e. The zero-order chi connectivity index (χ0) is 12.4. The summed E-state index contributed by atoms with van der Waals surface area (Å²) in [6.45, 7) is -0.222. The summed E-state index contributed by atoms with van der Waals surface area (Å²) in [6, 6.07) is 6.63. The Bertz CT molecular complexity index is 636. The van der Waals surface area contributed by atoms with Gasteiger partial charge in [-0.2, -0.15) is 0 Å². The number of para-hydroxylation sites is 1. The molecule has 0 bridgehead atoms. The fraction of sp³-hybridized carbons (Fsp3) is 0.167. The lowest BCUT2D eigenvalue weighted by molar-refractivity contribution is 0.0998. The number of nitrogens with two attached hydrogens (primary N) is 1. The highest BCUT2D eigenvalue weighted by molar-refractivity contribution is 5.99. The first kappa shape index (κ1) is 14.2. The number of fused-ring (bicyclic) bond motifs is 1. The van der Waals surface area contributed by atoms with Crippen LogP contribution >= 0.6 is 12.4 Å². The van der Waals surface area contributed by atoms with Crippen LogP contribution in [0, 0.1) is 0 Å². The molecular formula is C12H12ClNO4. The Labute approximate surface area is 109 Å². The highest BCUT2D eigenvalue weighted by atomic mass is 35.5. The zero-order valence-electron chi connectivity index (χ0n) is 9.64. The summed E-state index contributed by atoms with van der Waals surface area (Å²) in [6.07, 6.45) is 0. The van der Waals surface area contributed by atoms with Gasteiger partial charge in [-0.25, -0.2) is 4.79 Å². The summed E-state index contributed by atoms with van der Waals surface area (Å²) >= 11 is 0. The molecule has 0 atom stereocenters. The molecule has 2 rings (SSSR count). The number of benzene rings is 1. The van der Waals surface area contributed by atoms with E-state index in [1.54, 1.807) is 18.2 Å². The Kier molecular flexibility index (Phi) is 4.47. The van der Waals surface area contributed by atoms with Crippen LogP contribution in [-0.2, 0) is 0 Å². The average Bonchev–Trinajstić information content (AvgIpc) is 2.36. The van der Waals surface area contributed by atoms with E-state index in [0.717, 1.165) is 0 Å². The average molecular weight is 270 g/mol. The maximum atomic E-state index is 11.6. The van der Waals surface area contributed by atoms with Crippen molar-refractivity contribution >= 4 is 29.2 Å². The number of hydrogen-bond donors (Lipinski definition) is 1. The number of ketones is 1. The van der Waals surface area contributed by atoms with Crippen LogP contribution in [0.1, 0.15) is 10.4 Å². The first-order chi connectivity index (χ1) is 8.17.